The van der Waals surface area contributed by atoms with E-state index in [0.717, 1.165) is 12.8 Å². The molecule has 1 fully saturated rings. The van der Waals surface area contributed by atoms with E-state index in [-0.39, 0.29) is 22.1 Å². The largest absolute Gasteiger partial charge is 0.349 e. The second-order valence-corrected chi connectivity index (χ2v) is 5.17. The van der Waals surface area contributed by atoms with Crippen molar-refractivity contribution in [2.45, 2.75) is 25.8 Å². The monoisotopic (exact) mass is 312 g/mol. The lowest BCUT2D eigenvalue weighted by molar-refractivity contribution is -0.385. The number of carbonyl (C=O) groups is 1. The fraction of sp³-hybridized carbons (Fsp3) is 0.417. The number of amides is 1. The minimum Gasteiger partial charge on any atom is -0.349 e. The van der Waals surface area contributed by atoms with E-state index in [4.69, 9.17) is 0 Å². The zero-order valence-electron chi connectivity index (χ0n) is 9.85. The van der Waals surface area contributed by atoms with Gasteiger partial charge < -0.3 is 5.32 Å². The van der Waals surface area contributed by atoms with Crippen molar-refractivity contribution >= 4 is 27.5 Å². The molecule has 96 valence electrons. The second-order valence-electron chi connectivity index (χ2n) is 4.38. The van der Waals surface area contributed by atoms with Crippen LogP contribution in [-0.4, -0.2) is 16.9 Å². The van der Waals surface area contributed by atoms with Crippen molar-refractivity contribution in [3.63, 3.8) is 0 Å². The molecule has 1 aromatic rings. The number of benzene rings is 1. The molecule has 1 aliphatic carbocycles. The molecule has 5 nitrogen and oxygen atoms in total. The molecule has 2 unspecified atom stereocenters. The van der Waals surface area contributed by atoms with E-state index in [1.165, 1.54) is 12.1 Å². The molecular formula is C12H13BrN2O3. The third kappa shape index (κ3) is 2.53. The number of halogens is 1. The molecule has 0 heterocycles. The minimum atomic E-state index is -0.507. The Kier molecular flexibility index (Phi) is 3.65. The van der Waals surface area contributed by atoms with E-state index >= 15 is 0 Å². The highest BCUT2D eigenvalue weighted by atomic mass is 79.9. The molecule has 0 bridgehead atoms. The summed E-state index contributed by atoms with van der Waals surface area (Å²) in [5, 5.41) is 13.7. The van der Waals surface area contributed by atoms with Gasteiger partial charge in [0.15, 0.2) is 0 Å². The summed E-state index contributed by atoms with van der Waals surface area (Å²) >= 11 is 3.12. The first-order valence-electron chi connectivity index (χ1n) is 5.78. The van der Waals surface area contributed by atoms with Gasteiger partial charge in [-0.25, -0.2) is 0 Å². The van der Waals surface area contributed by atoms with Crippen LogP contribution in [0.1, 0.15) is 30.1 Å². The maximum absolute atomic E-state index is 12.0. The lowest BCUT2D eigenvalue weighted by atomic mass is 10.2. The van der Waals surface area contributed by atoms with Gasteiger partial charge in [-0.3, -0.25) is 14.9 Å². The smallest absolute Gasteiger partial charge is 0.284 e. The maximum Gasteiger partial charge on any atom is 0.284 e. The van der Waals surface area contributed by atoms with E-state index in [9.17, 15) is 14.9 Å². The Morgan fingerprint density at radius 2 is 2.33 bits per heavy atom. The first-order chi connectivity index (χ1) is 8.54. The number of nitro groups is 1. The molecule has 1 amide bonds. The fourth-order valence-electron chi connectivity index (χ4n) is 1.96. The van der Waals surface area contributed by atoms with Crippen molar-refractivity contribution in [1.82, 2.24) is 5.32 Å². The third-order valence-electron chi connectivity index (χ3n) is 3.18. The van der Waals surface area contributed by atoms with Crippen molar-refractivity contribution in [2.24, 2.45) is 5.92 Å². The van der Waals surface area contributed by atoms with Crippen LogP contribution < -0.4 is 5.32 Å². The van der Waals surface area contributed by atoms with Crippen LogP contribution in [0.5, 0.6) is 0 Å². The van der Waals surface area contributed by atoms with Gasteiger partial charge >= 0.3 is 0 Å². The van der Waals surface area contributed by atoms with Crippen molar-refractivity contribution < 1.29 is 9.72 Å². The van der Waals surface area contributed by atoms with Crippen molar-refractivity contribution in [2.75, 3.05) is 0 Å². The molecule has 2 atom stereocenters. The predicted molar refractivity (Wildman–Crippen MR) is 70.4 cm³/mol. The molecule has 6 heteroatoms. The molecule has 18 heavy (non-hydrogen) atoms. The summed E-state index contributed by atoms with van der Waals surface area (Å²) in [6.45, 7) is 2.08. The molecule has 0 spiro atoms. The average molecular weight is 313 g/mol. The normalized spacial score (nSPS) is 21.4. The molecule has 1 saturated carbocycles. The Morgan fingerprint density at radius 3 is 2.89 bits per heavy atom. The van der Waals surface area contributed by atoms with Crippen LogP contribution >= 0.6 is 15.9 Å². The van der Waals surface area contributed by atoms with Gasteiger partial charge in [0.2, 0.25) is 0 Å². The quantitative estimate of drug-likeness (QED) is 0.686. The number of nitrogens with one attached hydrogen (secondary N) is 1. The lowest BCUT2D eigenvalue weighted by Crippen LogP contribution is -2.27. The Hall–Kier alpha value is -1.43. The first-order valence-corrected chi connectivity index (χ1v) is 6.57. The van der Waals surface area contributed by atoms with Crippen molar-refractivity contribution in [3.05, 3.63) is 38.3 Å². The number of nitrogens with zero attached hydrogens (tertiary/aromatic N) is 1. The van der Waals surface area contributed by atoms with E-state index in [0.29, 0.717) is 11.5 Å². The van der Waals surface area contributed by atoms with Crippen molar-refractivity contribution in [1.29, 1.82) is 0 Å². The van der Waals surface area contributed by atoms with Gasteiger partial charge in [-0.2, -0.15) is 0 Å². The summed E-state index contributed by atoms with van der Waals surface area (Å²) in [6, 6.07) is 4.68. The van der Waals surface area contributed by atoms with Gasteiger partial charge in [0.05, 0.1) is 10.5 Å². The Morgan fingerprint density at radius 1 is 1.61 bits per heavy atom. The zero-order valence-corrected chi connectivity index (χ0v) is 11.4. The summed E-state index contributed by atoms with van der Waals surface area (Å²) in [5.74, 6) is 0.290. The molecule has 2 rings (SSSR count). The molecule has 0 saturated heterocycles. The molecule has 0 radical (unpaired) electrons. The summed E-state index contributed by atoms with van der Waals surface area (Å²) in [4.78, 5) is 22.3. The highest BCUT2D eigenvalue weighted by Crippen LogP contribution is 2.34. The van der Waals surface area contributed by atoms with E-state index < -0.39 is 4.92 Å². The molecule has 0 aromatic heterocycles. The Balaban J connectivity index is 2.15. The van der Waals surface area contributed by atoms with Crippen LogP contribution in [0, 0.1) is 16.0 Å². The SMILES string of the molecule is CCC1CC1NC(=O)c1cccc([N+](=O)[O-])c1Br. The van der Waals surface area contributed by atoms with Gasteiger partial charge in [-0.05, 0) is 34.3 Å². The molecular weight excluding hydrogens is 300 g/mol. The second kappa shape index (κ2) is 5.06. The van der Waals surface area contributed by atoms with Crippen LogP contribution in [-0.2, 0) is 0 Å². The number of rotatable bonds is 4. The van der Waals surface area contributed by atoms with E-state index in [2.05, 4.69) is 28.2 Å². The third-order valence-corrected chi connectivity index (χ3v) is 4.02. The summed E-state index contributed by atoms with van der Waals surface area (Å²) in [6.07, 6.45) is 2.04. The van der Waals surface area contributed by atoms with Crippen LogP contribution in [0.3, 0.4) is 0 Å². The summed E-state index contributed by atoms with van der Waals surface area (Å²) in [5.41, 5.74) is 0.219. The number of nitro benzene ring substituents is 1. The fourth-order valence-corrected chi connectivity index (χ4v) is 2.55. The number of hydrogen-bond acceptors (Lipinski definition) is 3. The van der Waals surface area contributed by atoms with E-state index in [1.807, 2.05) is 0 Å². The molecule has 0 aliphatic heterocycles. The Bertz CT molecular complexity index is 504. The highest BCUT2D eigenvalue weighted by Gasteiger charge is 2.37. The summed E-state index contributed by atoms with van der Waals surface area (Å²) in [7, 11) is 0. The molecule has 1 aliphatic rings. The maximum atomic E-state index is 12.0. The molecule has 1 aromatic carbocycles. The highest BCUT2D eigenvalue weighted by molar-refractivity contribution is 9.10. The standard InChI is InChI=1S/C12H13BrN2O3/c1-2-7-6-9(7)14-12(16)8-4-3-5-10(11(8)13)15(17)18/h3-5,7,9H,2,6H2,1H3,(H,14,16). The summed E-state index contributed by atoms with van der Waals surface area (Å²) < 4.78 is 0.237. The number of carbonyl (C=O) groups excluding carboxylic acids is 1. The molecule has 1 N–H and O–H groups in total. The predicted octanol–water partition coefficient (Wildman–Crippen LogP) is 2.89. The van der Waals surface area contributed by atoms with Crippen LogP contribution in [0.4, 0.5) is 5.69 Å². The Labute approximate surface area is 113 Å². The van der Waals surface area contributed by atoms with Crippen LogP contribution in [0.25, 0.3) is 0 Å². The van der Waals surface area contributed by atoms with Gasteiger partial charge in [0.1, 0.15) is 4.47 Å². The topological polar surface area (TPSA) is 72.2 Å². The van der Waals surface area contributed by atoms with Crippen LogP contribution in [0.2, 0.25) is 0 Å². The van der Waals surface area contributed by atoms with Gasteiger partial charge in [0.25, 0.3) is 11.6 Å². The number of hydrogen-bond donors (Lipinski definition) is 1. The lowest BCUT2D eigenvalue weighted by Gasteiger charge is -2.06. The zero-order chi connectivity index (χ0) is 13.3. The van der Waals surface area contributed by atoms with Gasteiger partial charge in [-0.15, -0.1) is 0 Å². The van der Waals surface area contributed by atoms with Gasteiger partial charge in [-0.1, -0.05) is 19.4 Å². The average Bonchev–Trinajstić information content (AvgIpc) is 3.07. The van der Waals surface area contributed by atoms with Crippen molar-refractivity contribution in [3.8, 4) is 0 Å². The minimum absolute atomic E-state index is 0.0921. The van der Waals surface area contributed by atoms with E-state index in [1.54, 1.807) is 6.07 Å². The van der Waals surface area contributed by atoms with Gasteiger partial charge in [0, 0.05) is 12.1 Å². The van der Waals surface area contributed by atoms with Crippen LogP contribution in [0.15, 0.2) is 22.7 Å². The first kappa shape index (κ1) is 13.0.